The van der Waals surface area contributed by atoms with Gasteiger partial charge in [-0.05, 0) is 12.3 Å². The lowest BCUT2D eigenvalue weighted by atomic mass is 10.00. The van der Waals surface area contributed by atoms with Crippen LogP contribution < -0.4 is 0 Å². The molecule has 0 N–H and O–H groups in total. The third-order valence-corrected chi connectivity index (χ3v) is 3.96. The second-order valence-corrected chi connectivity index (χ2v) is 6.89. The van der Waals surface area contributed by atoms with Gasteiger partial charge in [0, 0.05) is 24.7 Å². The van der Waals surface area contributed by atoms with Crippen molar-refractivity contribution in [1.29, 1.82) is 0 Å². The van der Waals surface area contributed by atoms with E-state index in [1.165, 1.54) is 0 Å². The summed E-state index contributed by atoms with van der Waals surface area (Å²) in [6.45, 7) is 3.09. The maximum Gasteiger partial charge on any atom is 0.237 e. The molecule has 0 aliphatic carbocycles. The Hall–Kier alpha value is -0.290. The van der Waals surface area contributed by atoms with Crippen LogP contribution in [0.15, 0.2) is 0 Å². The number of carbonyl (C=O) groups is 1. The largest absolute Gasteiger partial charge is 0.341 e. The summed E-state index contributed by atoms with van der Waals surface area (Å²) >= 11 is 6.01. The van der Waals surface area contributed by atoms with E-state index in [9.17, 15) is 13.2 Å². The number of likely N-dealkylation sites (tertiary alicyclic amines) is 1. The minimum absolute atomic E-state index is 0.0901. The van der Waals surface area contributed by atoms with E-state index < -0.39 is 15.6 Å². The van der Waals surface area contributed by atoms with Crippen LogP contribution >= 0.6 is 11.6 Å². The first kappa shape index (κ1) is 12.8. The van der Waals surface area contributed by atoms with Crippen molar-refractivity contribution < 1.29 is 13.2 Å². The molecule has 2 unspecified atom stereocenters. The highest BCUT2D eigenvalue weighted by Gasteiger charge is 2.28. The van der Waals surface area contributed by atoms with Crippen LogP contribution in [0.5, 0.6) is 0 Å². The second-order valence-electron chi connectivity index (χ2n) is 4.19. The Balaban J connectivity index is 2.55. The molecule has 1 heterocycles. The second kappa shape index (κ2) is 4.70. The summed E-state index contributed by atoms with van der Waals surface area (Å²) in [5.41, 5.74) is 0. The number of carbonyl (C=O) groups excluding carboxylic acids is 1. The van der Waals surface area contributed by atoms with Gasteiger partial charge in [0.05, 0.1) is 0 Å². The van der Waals surface area contributed by atoms with Gasteiger partial charge in [-0.15, -0.1) is 11.6 Å². The average molecular weight is 254 g/mol. The third kappa shape index (κ3) is 3.99. The average Bonchev–Trinajstić information content (AvgIpc) is 2.06. The van der Waals surface area contributed by atoms with Gasteiger partial charge in [0.15, 0.2) is 9.84 Å². The van der Waals surface area contributed by atoms with Crippen molar-refractivity contribution in [3.63, 3.8) is 0 Å². The van der Waals surface area contributed by atoms with Gasteiger partial charge in [0.25, 0.3) is 0 Å². The van der Waals surface area contributed by atoms with Gasteiger partial charge in [-0.25, -0.2) is 8.42 Å². The molecule has 0 saturated carbocycles. The Bertz CT molecular complexity index is 341. The van der Waals surface area contributed by atoms with E-state index in [1.807, 2.05) is 6.92 Å². The van der Waals surface area contributed by atoms with Crippen LogP contribution in [0.25, 0.3) is 0 Å². The molecule has 0 aromatic carbocycles. The predicted molar refractivity (Wildman–Crippen MR) is 59.7 cm³/mol. The van der Waals surface area contributed by atoms with E-state index in [4.69, 9.17) is 11.6 Å². The Morgan fingerprint density at radius 2 is 2.13 bits per heavy atom. The maximum atomic E-state index is 11.6. The molecule has 0 aromatic heterocycles. The van der Waals surface area contributed by atoms with E-state index >= 15 is 0 Å². The summed E-state index contributed by atoms with van der Waals surface area (Å²) in [4.78, 5) is 13.2. The van der Waals surface area contributed by atoms with Crippen molar-refractivity contribution in [1.82, 2.24) is 4.90 Å². The number of amides is 1. The first-order chi connectivity index (χ1) is 6.79. The molecule has 15 heavy (non-hydrogen) atoms. The summed E-state index contributed by atoms with van der Waals surface area (Å²) in [6, 6.07) is 0. The van der Waals surface area contributed by atoms with E-state index in [0.717, 1.165) is 12.7 Å². The quantitative estimate of drug-likeness (QED) is 0.674. The van der Waals surface area contributed by atoms with E-state index in [1.54, 1.807) is 4.90 Å². The third-order valence-electron chi connectivity index (χ3n) is 2.54. The van der Waals surface area contributed by atoms with Crippen molar-refractivity contribution in [2.24, 2.45) is 5.92 Å². The number of hydrogen-bond donors (Lipinski definition) is 0. The Kier molecular flexibility index (Phi) is 4.00. The first-order valence-electron chi connectivity index (χ1n) is 4.89. The van der Waals surface area contributed by atoms with Crippen molar-refractivity contribution >= 4 is 27.3 Å². The molecule has 6 heteroatoms. The zero-order valence-electron chi connectivity index (χ0n) is 8.94. The van der Waals surface area contributed by atoms with Crippen molar-refractivity contribution in [3.05, 3.63) is 0 Å². The Labute approximate surface area is 95.5 Å². The molecule has 0 bridgehead atoms. The molecular formula is C9H16ClNO3S. The summed E-state index contributed by atoms with van der Waals surface area (Å²) in [6.07, 6.45) is 1.81. The zero-order chi connectivity index (χ0) is 11.6. The van der Waals surface area contributed by atoms with Gasteiger partial charge in [-0.2, -0.15) is 0 Å². The van der Waals surface area contributed by atoms with Crippen molar-refractivity contribution in [3.8, 4) is 0 Å². The van der Waals surface area contributed by atoms with Gasteiger partial charge in [-0.3, -0.25) is 4.79 Å². The van der Waals surface area contributed by atoms with E-state index in [0.29, 0.717) is 13.1 Å². The SMILES string of the molecule is CC1CN(C(=O)CS(C)(=O)=O)CCC1Cl. The summed E-state index contributed by atoms with van der Waals surface area (Å²) in [7, 11) is -3.23. The summed E-state index contributed by atoms with van der Waals surface area (Å²) < 4.78 is 21.9. The van der Waals surface area contributed by atoms with Crippen LogP contribution in [0, 0.1) is 5.92 Å². The molecule has 4 nitrogen and oxygen atoms in total. The minimum Gasteiger partial charge on any atom is -0.341 e. The summed E-state index contributed by atoms with van der Waals surface area (Å²) in [5, 5.41) is 0.0901. The number of alkyl halides is 1. The van der Waals surface area contributed by atoms with Gasteiger partial charge in [0.2, 0.25) is 5.91 Å². The highest BCUT2D eigenvalue weighted by atomic mass is 35.5. The van der Waals surface area contributed by atoms with E-state index in [-0.39, 0.29) is 17.2 Å². The molecule has 1 saturated heterocycles. The minimum atomic E-state index is -3.23. The fourth-order valence-electron chi connectivity index (χ4n) is 1.66. The molecule has 0 radical (unpaired) electrons. The zero-order valence-corrected chi connectivity index (χ0v) is 10.5. The lowest BCUT2D eigenvalue weighted by molar-refractivity contribution is -0.130. The van der Waals surface area contributed by atoms with Gasteiger partial charge >= 0.3 is 0 Å². The van der Waals surface area contributed by atoms with Crippen LogP contribution in [0.1, 0.15) is 13.3 Å². The monoisotopic (exact) mass is 253 g/mol. The topological polar surface area (TPSA) is 54.5 Å². The maximum absolute atomic E-state index is 11.6. The van der Waals surface area contributed by atoms with Gasteiger partial charge in [0.1, 0.15) is 5.75 Å². The molecular weight excluding hydrogens is 238 g/mol. The van der Waals surface area contributed by atoms with Gasteiger partial charge in [-0.1, -0.05) is 6.92 Å². The summed E-state index contributed by atoms with van der Waals surface area (Å²) in [5.74, 6) is -0.482. The van der Waals surface area contributed by atoms with Gasteiger partial charge < -0.3 is 4.90 Å². The van der Waals surface area contributed by atoms with Crippen LogP contribution in [0.4, 0.5) is 0 Å². The number of nitrogens with zero attached hydrogens (tertiary/aromatic N) is 1. The molecule has 88 valence electrons. The lowest BCUT2D eigenvalue weighted by Gasteiger charge is -2.33. The van der Waals surface area contributed by atoms with Crippen molar-refractivity contribution in [2.75, 3.05) is 25.1 Å². The van der Waals surface area contributed by atoms with Crippen molar-refractivity contribution in [2.45, 2.75) is 18.7 Å². The number of hydrogen-bond acceptors (Lipinski definition) is 3. The molecule has 1 fully saturated rings. The molecule has 1 aliphatic rings. The van der Waals surface area contributed by atoms with Crippen LogP contribution in [-0.4, -0.2) is 49.7 Å². The lowest BCUT2D eigenvalue weighted by Crippen LogP contribution is -2.45. The number of piperidine rings is 1. The van der Waals surface area contributed by atoms with Crippen LogP contribution in [-0.2, 0) is 14.6 Å². The van der Waals surface area contributed by atoms with Crippen LogP contribution in [0.3, 0.4) is 0 Å². The molecule has 1 aliphatic heterocycles. The Morgan fingerprint density at radius 3 is 2.60 bits per heavy atom. The predicted octanol–water partition coefficient (Wildman–Crippen LogP) is 0.507. The fourth-order valence-corrected chi connectivity index (χ4v) is 2.47. The molecule has 1 rings (SSSR count). The molecule has 0 aromatic rings. The fraction of sp³-hybridized carbons (Fsp3) is 0.889. The number of rotatable bonds is 2. The number of sulfone groups is 1. The van der Waals surface area contributed by atoms with Crippen LogP contribution in [0.2, 0.25) is 0 Å². The number of halogens is 1. The normalized spacial score (nSPS) is 27.8. The Morgan fingerprint density at radius 1 is 1.53 bits per heavy atom. The molecule has 0 spiro atoms. The molecule has 2 atom stereocenters. The highest BCUT2D eigenvalue weighted by Crippen LogP contribution is 2.21. The smallest absolute Gasteiger partial charge is 0.237 e. The highest BCUT2D eigenvalue weighted by molar-refractivity contribution is 7.91. The molecule has 1 amide bonds. The first-order valence-corrected chi connectivity index (χ1v) is 7.39. The standard InChI is InChI=1S/C9H16ClNO3S/c1-7-5-11(4-3-8(7)10)9(12)6-15(2,13)14/h7-8H,3-6H2,1-2H3. The van der Waals surface area contributed by atoms with E-state index in [2.05, 4.69) is 0 Å².